The van der Waals surface area contributed by atoms with Gasteiger partial charge in [0.05, 0.1) is 13.2 Å². The van der Waals surface area contributed by atoms with Crippen LogP contribution in [0, 0.1) is 10.8 Å². The highest BCUT2D eigenvalue weighted by atomic mass is 32.1. The summed E-state index contributed by atoms with van der Waals surface area (Å²) in [6.45, 7) is 3.93. The maximum absolute atomic E-state index is 5.84. The SMILES string of the molecule is c1ccc(-c2nsc3c(N4CC56CCC5(COC6)C4)ncnc23)cc1. The van der Waals surface area contributed by atoms with Gasteiger partial charge >= 0.3 is 0 Å². The predicted molar refractivity (Wildman–Crippen MR) is 97.8 cm³/mol. The van der Waals surface area contributed by atoms with Gasteiger partial charge in [-0.05, 0) is 24.4 Å². The Morgan fingerprint density at radius 2 is 1.76 bits per heavy atom. The molecule has 3 fully saturated rings. The van der Waals surface area contributed by atoms with E-state index in [2.05, 4.69) is 27.0 Å². The lowest BCUT2D eigenvalue weighted by molar-refractivity contribution is 0.0255. The number of nitrogens with zero attached hydrogens (tertiary/aromatic N) is 4. The van der Waals surface area contributed by atoms with Crippen molar-refractivity contribution in [3.8, 4) is 11.3 Å². The van der Waals surface area contributed by atoms with Crippen molar-refractivity contribution >= 4 is 27.6 Å². The van der Waals surface area contributed by atoms with Crippen molar-refractivity contribution in [1.29, 1.82) is 0 Å². The third-order valence-corrected chi connectivity index (χ3v) is 7.37. The standard InChI is InChI=1S/C19H18N4OS/c1-2-4-13(5-3-1)14-15-16(25-22-14)17(21-12-20-15)23-8-18-6-7-19(18,9-23)11-24-10-18/h1-5,12H,6-11H2. The van der Waals surface area contributed by atoms with E-state index >= 15 is 0 Å². The Bertz CT molecular complexity index is 954. The number of benzene rings is 1. The van der Waals surface area contributed by atoms with E-state index in [1.165, 1.54) is 24.4 Å². The summed E-state index contributed by atoms with van der Waals surface area (Å²) >= 11 is 1.52. The average molecular weight is 350 g/mol. The molecule has 2 unspecified atom stereocenters. The van der Waals surface area contributed by atoms with E-state index in [-0.39, 0.29) is 0 Å². The Morgan fingerprint density at radius 1 is 1.00 bits per heavy atom. The third-order valence-electron chi connectivity index (χ3n) is 6.54. The summed E-state index contributed by atoms with van der Waals surface area (Å²) in [5.74, 6) is 1.06. The predicted octanol–water partition coefficient (Wildman–Crippen LogP) is 3.37. The van der Waals surface area contributed by atoms with Crippen LogP contribution >= 0.6 is 11.5 Å². The molecule has 1 aromatic carbocycles. The van der Waals surface area contributed by atoms with Crippen LogP contribution in [-0.4, -0.2) is 40.6 Å². The van der Waals surface area contributed by atoms with Gasteiger partial charge in [0.25, 0.3) is 0 Å². The Kier molecular flexibility index (Phi) is 2.70. The second kappa shape index (κ2) is 4.77. The normalized spacial score (nSPS) is 30.3. The minimum absolute atomic E-state index is 0.358. The van der Waals surface area contributed by atoms with Crippen LogP contribution in [0.1, 0.15) is 12.8 Å². The molecule has 6 heteroatoms. The number of hydrogen-bond acceptors (Lipinski definition) is 6. The van der Waals surface area contributed by atoms with Gasteiger partial charge in [0.2, 0.25) is 0 Å². The summed E-state index contributed by atoms with van der Waals surface area (Å²) in [5, 5.41) is 0. The van der Waals surface area contributed by atoms with Gasteiger partial charge in [0, 0.05) is 29.5 Å². The lowest BCUT2D eigenvalue weighted by Crippen LogP contribution is -2.49. The van der Waals surface area contributed by atoms with Crippen molar-refractivity contribution in [2.24, 2.45) is 10.8 Å². The monoisotopic (exact) mass is 350 g/mol. The molecule has 2 saturated heterocycles. The first-order valence-corrected chi connectivity index (χ1v) is 9.56. The Hall–Kier alpha value is -2.05. The van der Waals surface area contributed by atoms with Crippen molar-refractivity contribution < 1.29 is 4.74 Å². The summed E-state index contributed by atoms with van der Waals surface area (Å²) in [5.41, 5.74) is 3.76. The number of hydrogen-bond donors (Lipinski definition) is 0. The van der Waals surface area contributed by atoms with Gasteiger partial charge in [-0.25, -0.2) is 9.97 Å². The summed E-state index contributed by atoms with van der Waals surface area (Å²) < 4.78 is 11.7. The van der Waals surface area contributed by atoms with Gasteiger partial charge in [-0.15, -0.1) is 0 Å². The highest BCUT2D eigenvalue weighted by molar-refractivity contribution is 7.14. The van der Waals surface area contributed by atoms with Crippen LogP contribution < -0.4 is 4.90 Å². The van der Waals surface area contributed by atoms with Crippen LogP contribution in [0.4, 0.5) is 5.82 Å². The fourth-order valence-electron chi connectivity index (χ4n) is 5.01. The molecule has 1 saturated carbocycles. The smallest absolute Gasteiger partial charge is 0.151 e. The topological polar surface area (TPSA) is 51.1 Å². The minimum atomic E-state index is 0.358. The Morgan fingerprint density at radius 3 is 2.48 bits per heavy atom. The molecule has 0 spiro atoms. The van der Waals surface area contributed by atoms with Crippen LogP contribution in [0.5, 0.6) is 0 Å². The highest BCUT2D eigenvalue weighted by Gasteiger charge is 2.67. The molecule has 1 aliphatic carbocycles. The van der Waals surface area contributed by atoms with Crippen LogP contribution in [0.25, 0.3) is 21.5 Å². The zero-order valence-corrected chi connectivity index (χ0v) is 14.6. The quantitative estimate of drug-likeness (QED) is 0.709. The lowest BCUT2D eigenvalue weighted by Gasteiger charge is -2.47. The number of ether oxygens (including phenoxy) is 1. The molecule has 6 rings (SSSR count). The largest absolute Gasteiger partial charge is 0.380 e. The number of anilines is 1. The molecule has 3 aliphatic rings. The van der Waals surface area contributed by atoms with E-state index < -0.39 is 0 Å². The Balaban J connectivity index is 1.45. The zero-order chi connectivity index (χ0) is 16.5. The van der Waals surface area contributed by atoms with E-state index in [0.717, 1.165) is 53.6 Å². The first-order valence-electron chi connectivity index (χ1n) is 8.79. The average Bonchev–Trinajstić information content (AvgIpc) is 3.21. The second-order valence-electron chi connectivity index (χ2n) is 7.68. The molecule has 126 valence electrons. The molecule has 0 radical (unpaired) electrons. The summed E-state index contributed by atoms with van der Waals surface area (Å²) in [6.07, 6.45) is 4.27. The van der Waals surface area contributed by atoms with Gasteiger partial charge in [0.15, 0.2) is 5.82 Å². The fraction of sp³-hybridized carbons (Fsp3) is 0.421. The van der Waals surface area contributed by atoms with Crippen molar-refractivity contribution in [1.82, 2.24) is 14.3 Å². The molecule has 3 aromatic rings. The fourth-order valence-corrected chi connectivity index (χ4v) is 5.88. The Labute approximate surface area is 149 Å². The minimum Gasteiger partial charge on any atom is -0.380 e. The van der Waals surface area contributed by atoms with Gasteiger partial charge in [0.1, 0.15) is 22.2 Å². The van der Waals surface area contributed by atoms with Crippen molar-refractivity contribution in [2.75, 3.05) is 31.2 Å². The molecule has 2 aliphatic heterocycles. The molecule has 4 heterocycles. The zero-order valence-electron chi connectivity index (χ0n) is 13.8. The number of rotatable bonds is 2. The maximum Gasteiger partial charge on any atom is 0.151 e. The molecular weight excluding hydrogens is 332 g/mol. The molecule has 5 nitrogen and oxygen atoms in total. The van der Waals surface area contributed by atoms with E-state index in [0.29, 0.717) is 10.8 Å². The molecule has 25 heavy (non-hydrogen) atoms. The summed E-state index contributed by atoms with van der Waals surface area (Å²) in [6, 6.07) is 10.3. The third kappa shape index (κ3) is 1.74. The van der Waals surface area contributed by atoms with Crippen LogP contribution in [0.15, 0.2) is 36.7 Å². The summed E-state index contributed by atoms with van der Waals surface area (Å²) in [7, 11) is 0. The van der Waals surface area contributed by atoms with E-state index in [1.807, 2.05) is 18.2 Å². The molecular formula is C19H18N4OS. The van der Waals surface area contributed by atoms with Crippen molar-refractivity contribution in [3.63, 3.8) is 0 Å². The molecule has 2 aromatic heterocycles. The van der Waals surface area contributed by atoms with Gasteiger partial charge in [-0.1, -0.05) is 30.3 Å². The van der Waals surface area contributed by atoms with Gasteiger partial charge < -0.3 is 9.64 Å². The molecule has 2 atom stereocenters. The lowest BCUT2D eigenvalue weighted by atomic mass is 9.53. The van der Waals surface area contributed by atoms with E-state index in [9.17, 15) is 0 Å². The van der Waals surface area contributed by atoms with Crippen LogP contribution in [-0.2, 0) is 4.74 Å². The van der Waals surface area contributed by atoms with Crippen LogP contribution in [0.3, 0.4) is 0 Å². The highest BCUT2D eigenvalue weighted by Crippen LogP contribution is 2.65. The first-order chi connectivity index (χ1) is 12.3. The van der Waals surface area contributed by atoms with Gasteiger partial charge in [-0.2, -0.15) is 4.37 Å². The maximum atomic E-state index is 5.84. The van der Waals surface area contributed by atoms with Crippen molar-refractivity contribution in [2.45, 2.75) is 12.8 Å². The first kappa shape index (κ1) is 14.2. The van der Waals surface area contributed by atoms with Crippen molar-refractivity contribution in [3.05, 3.63) is 36.7 Å². The molecule has 0 amide bonds. The van der Waals surface area contributed by atoms with Gasteiger partial charge in [-0.3, -0.25) is 0 Å². The second-order valence-corrected chi connectivity index (χ2v) is 8.46. The van der Waals surface area contributed by atoms with E-state index in [1.54, 1.807) is 6.33 Å². The number of fused-ring (bicyclic) bond motifs is 1. The number of aromatic nitrogens is 3. The van der Waals surface area contributed by atoms with E-state index in [4.69, 9.17) is 9.11 Å². The molecule has 0 N–H and O–H groups in total. The molecule has 0 bridgehead atoms. The van der Waals surface area contributed by atoms with Crippen LogP contribution in [0.2, 0.25) is 0 Å². The summed E-state index contributed by atoms with van der Waals surface area (Å²) in [4.78, 5) is 11.7.